The van der Waals surface area contributed by atoms with E-state index in [4.69, 9.17) is 0 Å². The first kappa shape index (κ1) is 17.7. The zero-order valence-corrected chi connectivity index (χ0v) is 15.3. The lowest BCUT2D eigenvalue weighted by Gasteiger charge is -2.36. The fraction of sp³-hybridized carbons (Fsp3) is 0.647. The summed E-state index contributed by atoms with van der Waals surface area (Å²) in [6.45, 7) is 4.46. The van der Waals surface area contributed by atoms with E-state index >= 15 is 0 Å². The first-order valence-electron chi connectivity index (χ1n) is 8.58. The zero-order chi connectivity index (χ0) is 15.8. The summed E-state index contributed by atoms with van der Waals surface area (Å²) in [5.74, 6) is 1.40. The number of hydrogen-bond donors (Lipinski definition) is 1. The predicted molar refractivity (Wildman–Crippen MR) is 96.7 cm³/mol. The number of hydrogen-bond acceptors (Lipinski definition) is 4. The molecule has 3 fully saturated rings. The summed E-state index contributed by atoms with van der Waals surface area (Å²) >= 11 is 1.46. The third kappa shape index (κ3) is 3.19. The van der Waals surface area contributed by atoms with Crippen molar-refractivity contribution in [1.82, 2.24) is 15.1 Å². The number of thiophene rings is 1. The zero-order valence-electron chi connectivity index (χ0n) is 13.6. The van der Waals surface area contributed by atoms with E-state index in [1.165, 1.54) is 11.3 Å². The monoisotopic (exact) mass is 369 g/mol. The second kappa shape index (κ2) is 7.42. The van der Waals surface area contributed by atoms with Crippen LogP contribution < -0.4 is 5.32 Å². The van der Waals surface area contributed by atoms with Crippen molar-refractivity contribution in [3.05, 3.63) is 22.4 Å². The maximum Gasteiger partial charge on any atom is 0.264 e. The molecule has 4 heterocycles. The maximum absolute atomic E-state index is 13.0. The van der Waals surface area contributed by atoms with Gasteiger partial charge in [-0.05, 0) is 42.5 Å². The van der Waals surface area contributed by atoms with Crippen molar-refractivity contribution in [2.45, 2.75) is 25.3 Å². The molecule has 5 nitrogen and oxygen atoms in total. The minimum absolute atomic E-state index is 0. The molecular formula is C17H24ClN3O2S. The minimum Gasteiger partial charge on any atom is -0.340 e. The number of rotatable bonds is 2. The van der Waals surface area contributed by atoms with Crippen LogP contribution in [0.5, 0.6) is 0 Å². The number of piperidine rings is 1. The Morgan fingerprint density at radius 1 is 1.17 bits per heavy atom. The van der Waals surface area contributed by atoms with Crippen LogP contribution in [0.15, 0.2) is 17.5 Å². The molecule has 1 unspecified atom stereocenters. The van der Waals surface area contributed by atoms with Crippen molar-refractivity contribution in [2.75, 3.05) is 32.7 Å². The molecule has 4 rings (SSSR count). The van der Waals surface area contributed by atoms with Gasteiger partial charge in [0.05, 0.1) is 4.88 Å². The summed E-state index contributed by atoms with van der Waals surface area (Å²) in [6.07, 6.45) is 2.84. The lowest BCUT2D eigenvalue weighted by atomic mass is 10.0. The van der Waals surface area contributed by atoms with Crippen molar-refractivity contribution >= 4 is 35.6 Å². The molecule has 3 aliphatic heterocycles. The van der Waals surface area contributed by atoms with Crippen LogP contribution in [0.4, 0.5) is 0 Å². The molecule has 0 radical (unpaired) electrons. The Hall–Kier alpha value is -1.11. The molecule has 3 atom stereocenters. The Balaban J connectivity index is 0.00000169. The smallest absolute Gasteiger partial charge is 0.264 e. The largest absolute Gasteiger partial charge is 0.340 e. The van der Waals surface area contributed by atoms with Crippen LogP contribution >= 0.6 is 23.7 Å². The number of likely N-dealkylation sites (tertiary alicyclic amines) is 2. The molecule has 1 aromatic heterocycles. The summed E-state index contributed by atoms with van der Waals surface area (Å²) in [5, 5.41) is 5.33. The number of carbonyl (C=O) groups is 2. The Labute approximate surface area is 152 Å². The molecule has 3 aliphatic rings. The van der Waals surface area contributed by atoms with Crippen LogP contribution in [0.3, 0.4) is 0 Å². The number of halogens is 1. The summed E-state index contributed by atoms with van der Waals surface area (Å²) in [7, 11) is 0. The van der Waals surface area contributed by atoms with Gasteiger partial charge in [-0.2, -0.15) is 0 Å². The van der Waals surface area contributed by atoms with E-state index in [0.29, 0.717) is 18.4 Å². The van der Waals surface area contributed by atoms with Crippen molar-refractivity contribution in [3.63, 3.8) is 0 Å². The average molecular weight is 370 g/mol. The fourth-order valence-electron chi connectivity index (χ4n) is 4.22. The quantitative estimate of drug-likeness (QED) is 0.865. The molecule has 0 spiro atoms. The van der Waals surface area contributed by atoms with Gasteiger partial charge in [-0.1, -0.05) is 6.07 Å². The van der Waals surface area contributed by atoms with E-state index in [9.17, 15) is 9.59 Å². The van der Waals surface area contributed by atoms with Gasteiger partial charge >= 0.3 is 0 Å². The highest BCUT2D eigenvalue weighted by atomic mass is 35.5. The molecule has 1 N–H and O–H groups in total. The van der Waals surface area contributed by atoms with E-state index in [-0.39, 0.29) is 30.3 Å². The van der Waals surface area contributed by atoms with Crippen LogP contribution in [0.2, 0.25) is 0 Å². The fourth-order valence-corrected chi connectivity index (χ4v) is 4.90. The van der Waals surface area contributed by atoms with Crippen LogP contribution in [-0.4, -0.2) is 60.4 Å². The van der Waals surface area contributed by atoms with E-state index in [1.807, 2.05) is 27.3 Å². The van der Waals surface area contributed by atoms with Crippen LogP contribution in [0, 0.1) is 11.8 Å². The average Bonchev–Trinajstić information content (AvgIpc) is 3.29. The summed E-state index contributed by atoms with van der Waals surface area (Å²) in [6, 6.07) is 3.49. The predicted octanol–water partition coefficient (Wildman–Crippen LogP) is 1.84. The molecule has 1 aromatic rings. The highest BCUT2D eigenvalue weighted by Gasteiger charge is 2.42. The SMILES string of the molecule is Cl.O=C(C1CCCCN1C(=O)c1cccs1)N1C[C@H]2CNC[C@H]2C1. The number of nitrogens with zero attached hydrogens (tertiary/aromatic N) is 2. The van der Waals surface area contributed by atoms with Crippen LogP contribution in [-0.2, 0) is 4.79 Å². The number of amides is 2. The van der Waals surface area contributed by atoms with E-state index < -0.39 is 0 Å². The van der Waals surface area contributed by atoms with Crippen molar-refractivity contribution in [2.24, 2.45) is 11.8 Å². The van der Waals surface area contributed by atoms with E-state index in [0.717, 1.165) is 50.3 Å². The Morgan fingerprint density at radius 2 is 1.92 bits per heavy atom. The van der Waals surface area contributed by atoms with Gasteiger partial charge in [-0.3, -0.25) is 9.59 Å². The summed E-state index contributed by atoms with van der Waals surface area (Å²) < 4.78 is 0. The first-order chi connectivity index (χ1) is 11.2. The number of nitrogens with one attached hydrogen (secondary N) is 1. The molecule has 0 aromatic carbocycles. The Bertz CT molecular complexity index is 583. The van der Waals surface area contributed by atoms with E-state index in [1.54, 1.807) is 0 Å². The molecular weight excluding hydrogens is 346 g/mol. The topological polar surface area (TPSA) is 52.7 Å². The van der Waals surface area contributed by atoms with Gasteiger partial charge in [0, 0.05) is 32.7 Å². The van der Waals surface area contributed by atoms with Crippen molar-refractivity contribution in [1.29, 1.82) is 0 Å². The molecule has 24 heavy (non-hydrogen) atoms. The molecule has 0 saturated carbocycles. The number of carbonyl (C=O) groups excluding carboxylic acids is 2. The third-order valence-electron chi connectivity index (χ3n) is 5.48. The lowest BCUT2D eigenvalue weighted by Crippen LogP contribution is -2.52. The molecule has 3 saturated heterocycles. The van der Waals surface area contributed by atoms with Gasteiger partial charge in [-0.15, -0.1) is 23.7 Å². The molecule has 0 aliphatic carbocycles. The van der Waals surface area contributed by atoms with Gasteiger partial charge in [0.15, 0.2) is 0 Å². The first-order valence-corrected chi connectivity index (χ1v) is 9.46. The van der Waals surface area contributed by atoms with E-state index in [2.05, 4.69) is 5.32 Å². The maximum atomic E-state index is 13.0. The Morgan fingerprint density at radius 3 is 2.58 bits per heavy atom. The molecule has 7 heteroatoms. The Kier molecular flexibility index (Phi) is 5.47. The summed E-state index contributed by atoms with van der Waals surface area (Å²) in [5.41, 5.74) is 0. The van der Waals surface area contributed by atoms with Crippen LogP contribution in [0.1, 0.15) is 28.9 Å². The standard InChI is InChI=1S/C17H23N3O2S.ClH/c21-16(19-10-12-8-18-9-13(12)11-19)14-4-1-2-6-20(14)17(22)15-5-3-7-23-15;/h3,5,7,12-14,18H,1-2,4,6,8-11H2;1H/t12-,13+,14?;. The van der Waals surface area contributed by atoms with Gasteiger partial charge in [-0.25, -0.2) is 0 Å². The van der Waals surface area contributed by atoms with Gasteiger partial charge in [0.2, 0.25) is 5.91 Å². The second-order valence-corrected chi connectivity index (χ2v) is 7.86. The summed E-state index contributed by atoms with van der Waals surface area (Å²) in [4.78, 5) is 30.4. The van der Waals surface area contributed by atoms with Crippen LogP contribution in [0.25, 0.3) is 0 Å². The van der Waals surface area contributed by atoms with Crippen molar-refractivity contribution < 1.29 is 9.59 Å². The third-order valence-corrected chi connectivity index (χ3v) is 6.34. The molecule has 2 amide bonds. The van der Waals surface area contributed by atoms with Crippen molar-refractivity contribution in [3.8, 4) is 0 Å². The highest BCUT2D eigenvalue weighted by molar-refractivity contribution is 7.12. The number of fused-ring (bicyclic) bond motifs is 1. The molecule has 0 bridgehead atoms. The van der Waals surface area contributed by atoms with Gasteiger partial charge in [0.1, 0.15) is 6.04 Å². The highest BCUT2D eigenvalue weighted by Crippen LogP contribution is 2.29. The van der Waals surface area contributed by atoms with Gasteiger partial charge < -0.3 is 15.1 Å². The second-order valence-electron chi connectivity index (χ2n) is 6.91. The molecule has 132 valence electrons. The normalized spacial score (nSPS) is 29.2. The van der Waals surface area contributed by atoms with Gasteiger partial charge in [0.25, 0.3) is 5.91 Å². The lowest BCUT2D eigenvalue weighted by molar-refractivity contribution is -0.136. The minimum atomic E-state index is -0.259.